The number of ketones is 2. The normalized spacial score (nSPS) is 31.2. The number of piperazine rings is 1. The molecule has 5 bridgehead atoms. The molecule has 7 aliphatic rings. The van der Waals surface area contributed by atoms with Crippen LogP contribution in [0.2, 0.25) is 0 Å². The second-order valence-corrected chi connectivity index (χ2v) is 21.8. The van der Waals surface area contributed by atoms with Crippen LogP contribution in [0.4, 0.5) is 5.82 Å². The summed E-state index contributed by atoms with van der Waals surface area (Å²) in [6.45, 7) is 22.0. The zero-order chi connectivity index (χ0) is 53.6. The molecule has 9 rings (SSSR count). The van der Waals surface area contributed by atoms with E-state index in [1.54, 1.807) is 63.1 Å². The first-order chi connectivity index (χ1) is 35.0. The predicted octanol–water partition coefficient (Wildman–Crippen LogP) is 5.35. The number of benzene rings is 1. The summed E-state index contributed by atoms with van der Waals surface area (Å²) in [5.74, 6) is -7.21. The minimum absolute atomic E-state index is 0.0132. The largest absolute Gasteiger partial charge is 0.507 e. The van der Waals surface area contributed by atoms with Crippen molar-refractivity contribution in [3.63, 3.8) is 0 Å². The summed E-state index contributed by atoms with van der Waals surface area (Å²) < 4.78 is 18.7. The molecule has 1 aliphatic carbocycles. The summed E-state index contributed by atoms with van der Waals surface area (Å²) >= 11 is 0. The number of Topliss-reactive ketones (excluding diaryl/α,β-unsaturated/α-hetero) is 2. The maximum absolute atomic E-state index is 14.9. The van der Waals surface area contributed by atoms with Crippen molar-refractivity contribution in [2.24, 2.45) is 40.5 Å². The molecule has 398 valence electrons. The first-order valence-corrected chi connectivity index (χ1v) is 26.1. The maximum Gasteiger partial charge on any atom is 0.315 e. The number of nitrogens with one attached hydrogen (secondary N) is 2. The molecule has 1 spiro atoms. The molecule has 2 fully saturated rings. The number of aliphatic imine (C=N–C) groups is 1. The summed E-state index contributed by atoms with van der Waals surface area (Å²) in [5, 5.41) is 41.9. The number of nitrogens with zero attached hydrogens (tertiary/aromatic N) is 5. The number of carbonyl (C=O) groups excluding carboxylic acids is 5. The van der Waals surface area contributed by atoms with E-state index in [1.807, 2.05) is 32.0 Å². The number of aromatic hydroxyl groups is 1. The van der Waals surface area contributed by atoms with Crippen LogP contribution in [0.25, 0.3) is 0 Å². The minimum Gasteiger partial charge on any atom is -0.507 e. The molecule has 7 heterocycles. The standard InChI is InChI=1S/C56H73N7O11/c1-30(2)29-61-21-18-56(19-22-61)59-44-41-42-49(68)37(9)52-43(41)53(70)55(10,74-52)72-27-17-31(3)34(6)51(73-40(65)28-39(64)63-25-23-62(24-26-63)38-16-11-12-20-57-38)36(8)48(67)35(7)47(66)32(4)14-13-15-33(5)54(71)58-46(50(42)69)45(44)60-56/h11-17,20,27,30-32,34-36,47-48,51,60,66-68H,18-19,21-26,28-29H2,1-10H3,(H,58,71)/b14-13+,27-17+,33-15-/t31-,32-,34+,35+,36+,47-,48+,51+,55-/m0/s1. The topological polar surface area (TPSA) is 233 Å². The van der Waals surface area contributed by atoms with Crippen molar-refractivity contribution in [3.8, 4) is 11.5 Å². The molecule has 2 aromatic rings. The van der Waals surface area contributed by atoms with E-state index < -0.39 is 95.0 Å². The van der Waals surface area contributed by atoms with Crippen LogP contribution < -0.4 is 20.3 Å². The summed E-state index contributed by atoms with van der Waals surface area (Å²) in [7, 11) is 0. The number of likely N-dealkylation sites (tertiary alicyclic amines) is 1. The fourth-order valence-corrected chi connectivity index (χ4v) is 11.1. The number of anilines is 1. The van der Waals surface area contributed by atoms with Gasteiger partial charge in [0.25, 0.3) is 11.7 Å². The second kappa shape index (κ2) is 21.5. The van der Waals surface area contributed by atoms with Gasteiger partial charge in [0.15, 0.2) is 0 Å². The molecule has 9 atom stereocenters. The molecule has 2 saturated heterocycles. The Labute approximate surface area is 433 Å². The number of aliphatic hydroxyl groups excluding tert-OH is 2. The average Bonchev–Trinajstić information content (AvgIpc) is 3.88. The number of phenols is 1. The van der Waals surface area contributed by atoms with Gasteiger partial charge in [-0.25, -0.2) is 4.98 Å². The zero-order valence-corrected chi connectivity index (χ0v) is 44.3. The lowest BCUT2D eigenvalue weighted by Crippen LogP contribution is -2.50. The Balaban J connectivity index is 1.12. The van der Waals surface area contributed by atoms with Gasteiger partial charge >= 0.3 is 11.8 Å². The number of fused-ring (bicyclic) bond motifs is 13. The van der Waals surface area contributed by atoms with Crippen LogP contribution in [0.5, 0.6) is 11.5 Å². The predicted molar refractivity (Wildman–Crippen MR) is 277 cm³/mol. The molecule has 0 unspecified atom stereocenters. The number of aliphatic hydroxyl groups is 2. The molecule has 5 N–H and O–H groups in total. The number of pyridine rings is 1. The van der Waals surface area contributed by atoms with Crippen LogP contribution in [-0.4, -0.2) is 141 Å². The third-order valence-electron chi connectivity index (χ3n) is 16.0. The number of hydrogen-bond donors (Lipinski definition) is 5. The van der Waals surface area contributed by atoms with E-state index in [1.165, 1.54) is 20.1 Å². The van der Waals surface area contributed by atoms with Crippen molar-refractivity contribution in [1.29, 1.82) is 0 Å². The summed E-state index contributed by atoms with van der Waals surface area (Å²) in [6.07, 6.45) is 6.96. The van der Waals surface area contributed by atoms with Gasteiger partial charge in [-0.3, -0.25) is 29.0 Å². The smallest absolute Gasteiger partial charge is 0.315 e. The fraction of sp³-hybridized carbons (Fsp3) is 0.554. The Morgan fingerprint density at radius 2 is 1.58 bits per heavy atom. The second-order valence-electron chi connectivity index (χ2n) is 21.8. The van der Waals surface area contributed by atoms with Gasteiger partial charge in [0, 0.05) is 106 Å². The monoisotopic (exact) mass is 1020 g/mol. The van der Waals surface area contributed by atoms with Crippen molar-refractivity contribution >= 4 is 40.9 Å². The highest BCUT2D eigenvalue weighted by molar-refractivity contribution is 6.34. The van der Waals surface area contributed by atoms with Crippen LogP contribution in [0.1, 0.15) is 113 Å². The highest BCUT2D eigenvalue weighted by Gasteiger charge is 2.54. The molecule has 18 heteroatoms. The number of rotatable bonds is 6. The van der Waals surface area contributed by atoms with Crippen molar-refractivity contribution in [2.45, 2.75) is 118 Å². The number of aromatic nitrogens is 1. The van der Waals surface area contributed by atoms with Crippen molar-refractivity contribution in [2.75, 3.05) is 50.7 Å². The summed E-state index contributed by atoms with van der Waals surface area (Å²) in [6, 6.07) is 5.65. The summed E-state index contributed by atoms with van der Waals surface area (Å²) in [4.78, 5) is 86.9. The van der Waals surface area contributed by atoms with Gasteiger partial charge in [-0.15, -0.1) is 0 Å². The van der Waals surface area contributed by atoms with Gasteiger partial charge in [-0.2, -0.15) is 0 Å². The van der Waals surface area contributed by atoms with Crippen molar-refractivity contribution < 1.29 is 53.5 Å². The Morgan fingerprint density at radius 1 is 0.878 bits per heavy atom. The maximum atomic E-state index is 14.9. The number of hydrogen-bond acceptors (Lipinski definition) is 16. The average molecular weight is 1020 g/mol. The molecule has 0 saturated carbocycles. The fourth-order valence-electron chi connectivity index (χ4n) is 11.1. The van der Waals surface area contributed by atoms with Crippen LogP contribution in [0.15, 0.2) is 76.9 Å². The quantitative estimate of drug-likeness (QED) is 0.181. The molecule has 74 heavy (non-hydrogen) atoms. The van der Waals surface area contributed by atoms with Crippen LogP contribution in [-0.2, 0) is 23.9 Å². The lowest BCUT2D eigenvalue weighted by atomic mass is 9.77. The van der Waals surface area contributed by atoms with Crippen molar-refractivity contribution in [1.82, 2.24) is 25.4 Å². The van der Waals surface area contributed by atoms with Crippen LogP contribution >= 0.6 is 0 Å². The van der Waals surface area contributed by atoms with Gasteiger partial charge < -0.3 is 54.9 Å². The Kier molecular flexibility index (Phi) is 15.6. The van der Waals surface area contributed by atoms with Crippen LogP contribution in [0, 0.1) is 42.4 Å². The van der Waals surface area contributed by atoms with Gasteiger partial charge in [0.05, 0.1) is 41.0 Å². The Hall–Kier alpha value is -6.37. The lowest BCUT2D eigenvalue weighted by molar-refractivity contribution is -0.163. The van der Waals surface area contributed by atoms with Gasteiger partial charge in [0.1, 0.15) is 41.2 Å². The summed E-state index contributed by atoms with van der Waals surface area (Å²) in [5.41, 5.74) is -0.267. The molecule has 1 aromatic carbocycles. The molecule has 18 nitrogen and oxygen atoms in total. The molecular weight excluding hydrogens is 947 g/mol. The third-order valence-corrected chi connectivity index (χ3v) is 16.0. The molecular formula is C56H73N7O11. The third kappa shape index (κ3) is 10.5. The number of carbonyl (C=O) groups is 5. The number of ether oxygens (including phenoxy) is 3. The highest BCUT2D eigenvalue weighted by Crippen LogP contribution is 2.50. The molecule has 0 radical (unpaired) electrons. The molecule has 6 aliphatic heterocycles. The van der Waals surface area contributed by atoms with E-state index in [0.717, 1.165) is 12.4 Å². The number of amides is 2. The Bertz CT molecular complexity index is 2700. The van der Waals surface area contributed by atoms with Gasteiger partial charge in [-0.1, -0.05) is 72.8 Å². The number of allylic oxidation sites excluding steroid dienone is 5. The van der Waals surface area contributed by atoms with Gasteiger partial charge in [-0.05, 0) is 49.8 Å². The van der Waals surface area contributed by atoms with E-state index in [-0.39, 0.29) is 56.6 Å². The van der Waals surface area contributed by atoms with E-state index in [4.69, 9.17) is 19.2 Å². The minimum atomic E-state index is -1.98. The highest BCUT2D eigenvalue weighted by atomic mass is 16.7. The van der Waals surface area contributed by atoms with Crippen molar-refractivity contribution in [3.05, 3.63) is 94.2 Å². The van der Waals surface area contributed by atoms with E-state index >= 15 is 0 Å². The van der Waals surface area contributed by atoms with Gasteiger partial charge in [0.2, 0.25) is 11.7 Å². The first kappa shape index (κ1) is 53.9. The molecule has 1 aromatic heterocycles. The zero-order valence-electron chi connectivity index (χ0n) is 44.3. The van der Waals surface area contributed by atoms with E-state index in [9.17, 15) is 39.3 Å². The first-order valence-electron chi connectivity index (χ1n) is 26.1. The number of piperidine rings is 1. The Morgan fingerprint density at radius 3 is 2.24 bits per heavy atom. The lowest BCUT2D eigenvalue weighted by Gasteiger charge is -2.38. The molecule has 2 amide bonds. The van der Waals surface area contributed by atoms with Crippen LogP contribution in [0.3, 0.4) is 0 Å². The number of phenolic OH excluding ortho intramolecular Hbond substituents is 1. The van der Waals surface area contributed by atoms with E-state index in [2.05, 4.69) is 39.3 Å². The SMILES string of the molecule is C/C1=C/C=C/[C@H](C)[C@H](O)[C@@H](C)[C@@H](O)[C@@H](C)[C@H](OC(=O)CC(=O)N2CCN(c3ccccn3)CC2)[C@H](C)[C@@H](C)/C=C/O[C@@]2(C)Oc3c(C)c(O)c4c(c3C2=O)C2=NC3(CCN(CC(C)C)CC3)NC2=C(NC1=O)C4=O. The van der Waals surface area contributed by atoms with E-state index in [0.29, 0.717) is 58.0 Å². The number of esters is 1.